The molecule has 1 amide bonds. The van der Waals surface area contributed by atoms with Crippen LogP contribution in [0.2, 0.25) is 0 Å². The number of ketones is 1. The Morgan fingerprint density at radius 1 is 1.00 bits per heavy atom. The Morgan fingerprint density at radius 2 is 1.69 bits per heavy atom. The number of hydrogen-bond donors (Lipinski definition) is 1. The van der Waals surface area contributed by atoms with Gasteiger partial charge in [0.15, 0.2) is 12.4 Å². The molecule has 0 aromatic heterocycles. The molecule has 136 valence electrons. The van der Waals surface area contributed by atoms with Crippen molar-refractivity contribution in [3.8, 4) is 5.75 Å². The molecule has 0 unspecified atom stereocenters. The lowest BCUT2D eigenvalue weighted by Crippen LogP contribution is -2.21. The lowest BCUT2D eigenvalue weighted by Gasteiger charge is -2.10. The van der Waals surface area contributed by atoms with Gasteiger partial charge in [0.1, 0.15) is 5.75 Å². The van der Waals surface area contributed by atoms with E-state index in [0.717, 1.165) is 4.47 Å². The SMILES string of the molecule is COc1ccccc1NC(=O)COC(=O)CCC(=O)c1ccc(Br)cc1. The minimum absolute atomic E-state index is 0.0224. The molecule has 1 N–H and O–H groups in total. The van der Waals surface area contributed by atoms with Crippen LogP contribution in [-0.4, -0.2) is 31.4 Å². The summed E-state index contributed by atoms with van der Waals surface area (Å²) in [7, 11) is 1.49. The van der Waals surface area contributed by atoms with E-state index in [1.807, 2.05) is 0 Å². The van der Waals surface area contributed by atoms with Crippen LogP contribution in [0.15, 0.2) is 53.0 Å². The van der Waals surface area contributed by atoms with Crippen molar-refractivity contribution in [3.63, 3.8) is 0 Å². The lowest BCUT2D eigenvalue weighted by atomic mass is 10.1. The van der Waals surface area contributed by atoms with Crippen LogP contribution in [0, 0.1) is 0 Å². The molecule has 0 spiro atoms. The molecule has 0 aliphatic rings. The van der Waals surface area contributed by atoms with Gasteiger partial charge in [0, 0.05) is 16.5 Å². The molecule has 0 saturated carbocycles. The predicted molar refractivity (Wildman–Crippen MR) is 100 cm³/mol. The number of esters is 1. The van der Waals surface area contributed by atoms with Crippen molar-refractivity contribution >= 4 is 39.3 Å². The molecular formula is C19H18BrNO5. The third-order valence-corrected chi connectivity index (χ3v) is 4.00. The number of para-hydroxylation sites is 2. The second kappa shape index (κ2) is 9.72. The third-order valence-electron chi connectivity index (χ3n) is 3.47. The summed E-state index contributed by atoms with van der Waals surface area (Å²) >= 11 is 3.29. The molecular weight excluding hydrogens is 402 g/mol. The number of nitrogens with one attached hydrogen (secondary N) is 1. The van der Waals surface area contributed by atoms with Gasteiger partial charge in [-0.3, -0.25) is 14.4 Å². The van der Waals surface area contributed by atoms with Crippen LogP contribution in [-0.2, 0) is 14.3 Å². The maximum Gasteiger partial charge on any atom is 0.306 e. The molecule has 2 aromatic carbocycles. The Morgan fingerprint density at radius 3 is 2.38 bits per heavy atom. The molecule has 0 atom stereocenters. The standard InChI is InChI=1S/C19H18BrNO5/c1-25-17-5-3-2-4-15(17)21-18(23)12-26-19(24)11-10-16(22)13-6-8-14(20)9-7-13/h2-9H,10-12H2,1H3,(H,21,23). The Kier molecular flexibility index (Phi) is 7.35. The topological polar surface area (TPSA) is 81.7 Å². The Bertz CT molecular complexity index is 789. The van der Waals surface area contributed by atoms with E-state index >= 15 is 0 Å². The van der Waals surface area contributed by atoms with E-state index in [2.05, 4.69) is 21.2 Å². The average Bonchev–Trinajstić information content (AvgIpc) is 2.65. The first-order chi connectivity index (χ1) is 12.5. The van der Waals surface area contributed by atoms with E-state index in [9.17, 15) is 14.4 Å². The summed E-state index contributed by atoms with van der Waals surface area (Å²) in [5.41, 5.74) is 1.01. The van der Waals surface area contributed by atoms with Crippen LogP contribution in [0.3, 0.4) is 0 Å². The van der Waals surface area contributed by atoms with Crippen molar-refractivity contribution in [2.24, 2.45) is 0 Å². The Labute approximate surface area is 159 Å². The van der Waals surface area contributed by atoms with E-state index in [0.29, 0.717) is 17.0 Å². The molecule has 0 radical (unpaired) electrons. The van der Waals surface area contributed by atoms with Gasteiger partial charge in [-0.2, -0.15) is 0 Å². The molecule has 0 aliphatic heterocycles. The van der Waals surface area contributed by atoms with E-state index < -0.39 is 18.5 Å². The number of halogens is 1. The molecule has 26 heavy (non-hydrogen) atoms. The summed E-state index contributed by atoms with van der Waals surface area (Å²) in [6, 6.07) is 13.8. The molecule has 0 aliphatic carbocycles. The van der Waals surface area contributed by atoms with Crippen LogP contribution in [0.1, 0.15) is 23.2 Å². The van der Waals surface area contributed by atoms with Crippen LogP contribution in [0.4, 0.5) is 5.69 Å². The summed E-state index contributed by atoms with van der Waals surface area (Å²) in [6.45, 7) is -0.427. The van der Waals surface area contributed by atoms with Crippen LogP contribution in [0.25, 0.3) is 0 Å². The molecule has 6 nitrogen and oxygen atoms in total. The smallest absolute Gasteiger partial charge is 0.306 e. The summed E-state index contributed by atoms with van der Waals surface area (Å²) in [5, 5.41) is 2.60. The summed E-state index contributed by atoms with van der Waals surface area (Å²) in [4.78, 5) is 35.6. The normalized spacial score (nSPS) is 10.1. The van der Waals surface area contributed by atoms with Gasteiger partial charge in [0.05, 0.1) is 19.2 Å². The quantitative estimate of drug-likeness (QED) is 0.521. The van der Waals surface area contributed by atoms with Gasteiger partial charge in [-0.1, -0.05) is 40.2 Å². The van der Waals surface area contributed by atoms with Crippen LogP contribution >= 0.6 is 15.9 Å². The lowest BCUT2D eigenvalue weighted by molar-refractivity contribution is -0.147. The number of benzene rings is 2. The molecule has 2 rings (SSSR count). The van der Waals surface area contributed by atoms with E-state index in [1.54, 1.807) is 48.5 Å². The monoisotopic (exact) mass is 419 g/mol. The highest BCUT2D eigenvalue weighted by atomic mass is 79.9. The van der Waals surface area contributed by atoms with Crippen LogP contribution < -0.4 is 10.1 Å². The minimum atomic E-state index is -0.606. The number of carbonyl (C=O) groups excluding carboxylic acids is 3. The molecule has 0 heterocycles. The fourth-order valence-electron chi connectivity index (χ4n) is 2.15. The molecule has 7 heteroatoms. The molecule has 0 fully saturated rings. The summed E-state index contributed by atoms with van der Waals surface area (Å²) < 4.78 is 10.9. The summed E-state index contributed by atoms with van der Waals surface area (Å²) in [6.07, 6.45) is -0.0641. The Hall–Kier alpha value is -2.67. The second-order valence-corrected chi connectivity index (χ2v) is 6.25. The highest BCUT2D eigenvalue weighted by Gasteiger charge is 2.13. The van der Waals surface area contributed by atoms with E-state index in [1.165, 1.54) is 7.11 Å². The molecule has 2 aromatic rings. The fraction of sp³-hybridized carbons (Fsp3) is 0.211. The van der Waals surface area contributed by atoms with E-state index in [4.69, 9.17) is 9.47 Å². The highest BCUT2D eigenvalue weighted by molar-refractivity contribution is 9.10. The first-order valence-electron chi connectivity index (χ1n) is 7.87. The van der Waals surface area contributed by atoms with Crippen molar-refractivity contribution in [1.82, 2.24) is 0 Å². The van der Waals surface area contributed by atoms with Gasteiger partial charge in [0.25, 0.3) is 5.91 Å². The van der Waals surface area contributed by atoms with Crippen molar-refractivity contribution in [2.75, 3.05) is 19.0 Å². The number of ether oxygens (including phenoxy) is 2. The van der Waals surface area contributed by atoms with Gasteiger partial charge in [-0.15, -0.1) is 0 Å². The van der Waals surface area contributed by atoms with Crippen LogP contribution in [0.5, 0.6) is 5.75 Å². The summed E-state index contributed by atoms with van der Waals surface area (Å²) in [5.74, 6) is -0.743. The first kappa shape index (κ1) is 19.7. The zero-order valence-electron chi connectivity index (χ0n) is 14.2. The fourth-order valence-corrected chi connectivity index (χ4v) is 2.41. The zero-order chi connectivity index (χ0) is 18.9. The number of rotatable bonds is 8. The predicted octanol–water partition coefficient (Wildman–Crippen LogP) is 3.60. The average molecular weight is 420 g/mol. The van der Waals surface area contributed by atoms with Gasteiger partial charge in [0.2, 0.25) is 0 Å². The number of methoxy groups -OCH3 is 1. The minimum Gasteiger partial charge on any atom is -0.495 e. The van der Waals surface area contributed by atoms with Crippen molar-refractivity contribution in [2.45, 2.75) is 12.8 Å². The molecule has 0 bridgehead atoms. The maximum absolute atomic E-state index is 12.0. The maximum atomic E-state index is 12.0. The van der Waals surface area contributed by atoms with Crippen molar-refractivity contribution in [3.05, 3.63) is 58.6 Å². The van der Waals surface area contributed by atoms with Crippen molar-refractivity contribution < 1.29 is 23.9 Å². The van der Waals surface area contributed by atoms with Gasteiger partial charge < -0.3 is 14.8 Å². The number of hydrogen-bond acceptors (Lipinski definition) is 5. The Balaban J connectivity index is 1.75. The van der Waals surface area contributed by atoms with Gasteiger partial charge >= 0.3 is 5.97 Å². The zero-order valence-corrected chi connectivity index (χ0v) is 15.7. The van der Waals surface area contributed by atoms with E-state index in [-0.39, 0.29) is 18.6 Å². The number of anilines is 1. The second-order valence-electron chi connectivity index (χ2n) is 5.34. The van der Waals surface area contributed by atoms with Gasteiger partial charge in [-0.25, -0.2) is 0 Å². The third kappa shape index (κ3) is 6.00. The highest BCUT2D eigenvalue weighted by Crippen LogP contribution is 2.22. The van der Waals surface area contributed by atoms with Gasteiger partial charge in [-0.05, 0) is 24.3 Å². The molecule has 0 saturated heterocycles. The first-order valence-corrected chi connectivity index (χ1v) is 8.66. The number of amides is 1. The number of carbonyl (C=O) groups is 3. The number of Topliss-reactive ketones (excluding diaryl/α,β-unsaturated/α-hetero) is 1. The largest absolute Gasteiger partial charge is 0.495 e. The van der Waals surface area contributed by atoms with Crippen molar-refractivity contribution in [1.29, 1.82) is 0 Å².